The molecule has 102 valence electrons. The number of amides is 1. The Labute approximate surface area is 107 Å². The van der Waals surface area contributed by atoms with Crippen molar-refractivity contribution in [3.05, 3.63) is 0 Å². The van der Waals surface area contributed by atoms with Crippen LogP contribution in [-0.4, -0.2) is 24.5 Å². The molecule has 0 aliphatic carbocycles. The highest BCUT2D eigenvalue weighted by Gasteiger charge is 2.10. The van der Waals surface area contributed by atoms with Crippen molar-refractivity contribution in [3.63, 3.8) is 0 Å². The van der Waals surface area contributed by atoms with Gasteiger partial charge in [0.1, 0.15) is 0 Å². The first-order valence-electron chi connectivity index (χ1n) is 6.98. The molecule has 0 aliphatic rings. The van der Waals surface area contributed by atoms with Crippen LogP contribution in [0.25, 0.3) is 0 Å². The molecule has 0 heterocycles. The SMILES string of the molecule is CCC(C)CC(C)NC(=O)CCCNC(C)C. The third kappa shape index (κ3) is 10.3. The first kappa shape index (κ1) is 16.4. The van der Waals surface area contributed by atoms with Gasteiger partial charge in [-0.1, -0.05) is 34.1 Å². The molecule has 3 nitrogen and oxygen atoms in total. The van der Waals surface area contributed by atoms with E-state index in [1.54, 1.807) is 0 Å². The summed E-state index contributed by atoms with van der Waals surface area (Å²) < 4.78 is 0. The van der Waals surface area contributed by atoms with Gasteiger partial charge in [0.2, 0.25) is 5.91 Å². The van der Waals surface area contributed by atoms with Gasteiger partial charge in [-0.2, -0.15) is 0 Å². The van der Waals surface area contributed by atoms with Crippen LogP contribution in [0.5, 0.6) is 0 Å². The lowest BCUT2D eigenvalue weighted by molar-refractivity contribution is -0.121. The predicted molar refractivity (Wildman–Crippen MR) is 74.0 cm³/mol. The van der Waals surface area contributed by atoms with Crippen LogP contribution in [0.3, 0.4) is 0 Å². The highest BCUT2D eigenvalue weighted by Crippen LogP contribution is 2.09. The molecule has 0 bridgehead atoms. The molecule has 0 aromatic carbocycles. The standard InChI is InChI=1S/C14H30N2O/c1-6-12(4)10-13(5)16-14(17)8-7-9-15-11(2)3/h11-13,15H,6-10H2,1-5H3,(H,16,17). The Bertz CT molecular complexity index is 204. The van der Waals surface area contributed by atoms with Crippen LogP contribution in [0.15, 0.2) is 0 Å². The van der Waals surface area contributed by atoms with E-state index in [1.807, 2.05) is 0 Å². The van der Waals surface area contributed by atoms with Crippen LogP contribution < -0.4 is 10.6 Å². The molecular weight excluding hydrogens is 212 g/mol. The molecule has 0 saturated heterocycles. The lowest BCUT2D eigenvalue weighted by Crippen LogP contribution is -2.34. The van der Waals surface area contributed by atoms with E-state index in [-0.39, 0.29) is 5.91 Å². The van der Waals surface area contributed by atoms with Gasteiger partial charge in [0, 0.05) is 18.5 Å². The van der Waals surface area contributed by atoms with E-state index >= 15 is 0 Å². The molecule has 2 atom stereocenters. The summed E-state index contributed by atoms with van der Waals surface area (Å²) in [6, 6.07) is 0.804. The Morgan fingerprint density at radius 3 is 2.35 bits per heavy atom. The fraction of sp³-hybridized carbons (Fsp3) is 0.929. The largest absolute Gasteiger partial charge is 0.354 e. The van der Waals surface area contributed by atoms with Crippen LogP contribution in [0.2, 0.25) is 0 Å². The van der Waals surface area contributed by atoms with Gasteiger partial charge in [0.25, 0.3) is 0 Å². The lowest BCUT2D eigenvalue weighted by Gasteiger charge is -2.17. The summed E-state index contributed by atoms with van der Waals surface area (Å²) in [5.74, 6) is 0.874. The molecule has 0 spiro atoms. The van der Waals surface area contributed by atoms with Gasteiger partial charge in [-0.05, 0) is 32.2 Å². The highest BCUT2D eigenvalue weighted by atomic mass is 16.1. The van der Waals surface area contributed by atoms with Gasteiger partial charge >= 0.3 is 0 Å². The number of hydrogen-bond donors (Lipinski definition) is 2. The summed E-state index contributed by atoms with van der Waals surface area (Å²) in [6.45, 7) is 11.7. The van der Waals surface area contributed by atoms with Crippen molar-refractivity contribution in [1.29, 1.82) is 0 Å². The smallest absolute Gasteiger partial charge is 0.220 e. The molecule has 0 saturated carbocycles. The van der Waals surface area contributed by atoms with Crippen molar-refractivity contribution in [2.24, 2.45) is 5.92 Å². The van der Waals surface area contributed by atoms with Crippen LogP contribution in [0, 0.1) is 5.92 Å². The number of hydrogen-bond acceptors (Lipinski definition) is 2. The Morgan fingerprint density at radius 2 is 1.82 bits per heavy atom. The molecule has 1 amide bonds. The van der Waals surface area contributed by atoms with E-state index in [4.69, 9.17) is 0 Å². The number of carbonyl (C=O) groups excluding carboxylic acids is 1. The van der Waals surface area contributed by atoms with Gasteiger partial charge in [0.05, 0.1) is 0 Å². The lowest BCUT2D eigenvalue weighted by atomic mass is 10.0. The van der Waals surface area contributed by atoms with Crippen LogP contribution >= 0.6 is 0 Å². The fourth-order valence-corrected chi connectivity index (χ4v) is 1.82. The first-order chi connectivity index (χ1) is 7.95. The van der Waals surface area contributed by atoms with Gasteiger partial charge in [-0.25, -0.2) is 0 Å². The van der Waals surface area contributed by atoms with Gasteiger partial charge in [-0.15, -0.1) is 0 Å². The molecule has 0 rings (SSSR count). The van der Waals surface area contributed by atoms with Crippen molar-refractivity contribution in [3.8, 4) is 0 Å². The van der Waals surface area contributed by atoms with Crippen LogP contribution in [-0.2, 0) is 4.79 Å². The molecule has 0 aliphatic heterocycles. The van der Waals surface area contributed by atoms with E-state index < -0.39 is 0 Å². The Hall–Kier alpha value is -0.570. The number of carbonyl (C=O) groups is 1. The van der Waals surface area contributed by atoms with E-state index in [0.29, 0.717) is 24.4 Å². The summed E-state index contributed by atoms with van der Waals surface area (Å²) in [6.07, 6.45) is 3.80. The molecule has 17 heavy (non-hydrogen) atoms. The van der Waals surface area contributed by atoms with E-state index in [2.05, 4.69) is 45.3 Å². The molecule has 2 unspecified atom stereocenters. The number of nitrogens with one attached hydrogen (secondary N) is 2. The van der Waals surface area contributed by atoms with Gasteiger partial charge < -0.3 is 10.6 Å². The van der Waals surface area contributed by atoms with E-state index in [9.17, 15) is 4.79 Å². The van der Waals surface area contributed by atoms with Crippen LogP contribution in [0.4, 0.5) is 0 Å². The molecule has 3 heteroatoms. The molecule has 0 fully saturated rings. The molecule has 2 N–H and O–H groups in total. The second kappa shape index (κ2) is 9.46. The summed E-state index contributed by atoms with van der Waals surface area (Å²) in [7, 11) is 0. The second-order valence-corrected chi connectivity index (χ2v) is 5.43. The average Bonchev–Trinajstić information content (AvgIpc) is 2.23. The average molecular weight is 242 g/mol. The van der Waals surface area contributed by atoms with Gasteiger partial charge in [-0.3, -0.25) is 4.79 Å². The maximum absolute atomic E-state index is 11.6. The Balaban J connectivity index is 3.57. The molecule has 0 aromatic rings. The second-order valence-electron chi connectivity index (χ2n) is 5.43. The Kier molecular flexibility index (Phi) is 9.14. The summed E-state index contributed by atoms with van der Waals surface area (Å²) in [5, 5.41) is 6.38. The monoisotopic (exact) mass is 242 g/mol. The minimum atomic E-state index is 0.186. The van der Waals surface area contributed by atoms with E-state index in [0.717, 1.165) is 19.4 Å². The topological polar surface area (TPSA) is 41.1 Å². The zero-order chi connectivity index (χ0) is 13.3. The minimum absolute atomic E-state index is 0.186. The Morgan fingerprint density at radius 1 is 1.18 bits per heavy atom. The van der Waals surface area contributed by atoms with Crippen LogP contribution in [0.1, 0.15) is 60.3 Å². The predicted octanol–water partition coefficient (Wildman–Crippen LogP) is 2.71. The zero-order valence-corrected chi connectivity index (χ0v) is 12.2. The van der Waals surface area contributed by atoms with Crippen molar-refractivity contribution in [1.82, 2.24) is 10.6 Å². The van der Waals surface area contributed by atoms with Gasteiger partial charge in [0.15, 0.2) is 0 Å². The highest BCUT2D eigenvalue weighted by molar-refractivity contribution is 5.76. The van der Waals surface area contributed by atoms with Crippen molar-refractivity contribution < 1.29 is 4.79 Å². The quantitative estimate of drug-likeness (QED) is 0.610. The maximum atomic E-state index is 11.6. The minimum Gasteiger partial charge on any atom is -0.354 e. The third-order valence-electron chi connectivity index (χ3n) is 2.99. The third-order valence-corrected chi connectivity index (χ3v) is 2.99. The van der Waals surface area contributed by atoms with Crippen molar-refractivity contribution >= 4 is 5.91 Å². The molecule has 0 radical (unpaired) electrons. The first-order valence-corrected chi connectivity index (χ1v) is 6.98. The van der Waals surface area contributed by atoms with E-state index in [1.165, 1.54) is 6.42 Å². The summed E-state index contributed by atoms with van der Waals surface area (Å²) >= 11 is 0. The zero-order valence-electron chi connectivity index (χ0n) is 12.2. The summed E-state index contributed by atoms with van der Waals surface area (Å²) in [5.41, 5.74) is 0. The number of rotatable bonds is 9. The fourth-order valence-electron chi connectivity index (χ4n) is 1.82. The molecular formula is C14H30N2O. The summed E-state index contributed by atoms with van der Waals surface area (Å²) in [4.78, 5) is 11.6. The maximum Gasteiger partial charge on any atom is 0.220 e. The normalized spacial score (nSPS) is 14.7. The van der Waals surface area contributed by atoms with Crippen molar-refractivity contribution in [2.75, 3.05) is 6.54 Å². The van der Waals surface area contributed by atoms with Crippen molar-refractivity contribution in [2.45, 2.75) is 72.4 Å². The molecule has 0 aromatic heterocycles.